The molecule has 3 aromatic rings. The molecule has 154 valence electrons. The molecule has 0 unspecified atom stereocenters. The topological polar surface area (TPSA) is 71.1 Å². The molecule has 1 heterocycles. The molecule has 0 spiro atoms. The maximum Gasteiger partial charge on any atom is 0.227 e. The number of carbonyl (C=O) groups is 2. The van der Waals surface area contributed by atoms with Crippen LogP contribution in [0.4, 0.5) is 5.69 Å². The van der Waals surface area contributed by atoms with Crippen LogP contribution in [0.3, 0.4) is 0 Å². The second-order valence-corrected chi connectivity index (χ2v) is 8.49. The highest BCUT2D eigenvalue weighted by Gasteiger charge is 2.22. The van der Waals surface area contributed by atoms with Gasteiger partial charge in [-0.05, 0) is 30.5 Å². The fourth-order valence-electron chi connectivity index (χ4n) is 3.72. The summed E-state index contributed by atoms with van der Waals surface area (Å²) in [4.78, 5) is 29.2. The Kier molecular flexibility index (Phi) is 6.54. The second-order valence-electron chi connectivity index (χ2n) is 7.63. The van der Waals surface area contributed by atoms with Gasteiger partial charge in [-0.15, -0.1) is 11.3 Å². The quantitative estimate of drug-likeness (QED) is 0.578. The predicted molar refractivity (Wildman–Crippen MR) is 120 cm³/mol. The molecule has 1 aliphatic carbocycles. The fraction of sp³-hybridized carbons (Fsp3) is 0.292. The Morgan fingerprint density at radius 2 is 1.83 bits per heavy atom. The predicted octanol–water partition coefficient (Wildman–Crippen LogP) is 4.80. The number of aromatic nitrogens is 1. The fourth-order valence-corrected chi connectivity index (χ4v) is 4.55. The summed E-state index contributed by atoms with van der Waals surface area (Å²) in [7, 11) is 0. The molecule has 0 saturated heterocycles. The third kappa shape index (κ3) is 5.33. The number of hydrogen-bond donors (Lipinski definition) is 2. The summed E-state index contributed by atoms with van der Waals surface area (Å²) in [6, 6.07) is 17.6. The molecule has 5 nitrogen and oxygen atoms in total. The van der Waals surface area contributed by atoms with Gasteiger partial charge in [0.05, 0.1) is 12.1 Å². The number of hydrogen-bond acceptors (Lipinski definition) is 4. The lowest BCUT2D eigenvalue weighted by molar-refractivity contribution is -0.121. The van der Waals surface area contributed by atoms with Crippen LogP contribution < -0.4 is 10.6 Å². The smallest absolute Gasteiger partial charge is 0.227 e. The lowest BCUT2D eigenvalue weighted by Crippen LogP contribution is -2.25. The summed E-state index contributed by atoms with van der Waals surface area (Å²) in [5, 5.41) is 8.81. The van der Waals surface area contributed by atoms with Crippen LogP contribution in [0.2, 0.25) is 0 Å². The summed E-state index contributed by atoms with van der Waals surface area (Å²) >= 11 is 1.55. The number of nitrogens with one attached hydrogen (secondary N) is 2. The summed E-state index contributed by atoms with van der Waals surface area (Å²) in [5.41, 5.74) is 3.57. The second kappa shape index (κ2) is 9.67. The van der Waals surface area contributed by atoms with E-state index in [1.54, 1.807) is 11.3 Å². The molecular formula is C24H25N3O2S. The van der Waals surface area contributed by atoms with Crippen molar-refractivity contribution in [1.82, 2.24) is 10.3 Å². The van der Waals surface area contributed by atoms with Gasteiger partial charge in [-0.2, -0.15) is 0 Å². The van der Waals surface area contributed by atoms with Crippen LogP contribution in [0.5, 0.6) is 0 Å². The summed E-state index contributed by atoms with van der Waals surface area (Å²) in [6.45, 7) is 0.418. The van der Waals surface area contributed by atoms with E-state index in [9.17, 15) is 9.59 Å². The minimum atomic E-state index is -0.0692. The van der Waals surface area contributed by atoms with Crippen LogP contribution in [0, 0.1) is 5.92 Å². The molecule has 4 rings (SSSR count). The maximum absolute atomic E-state index is 12.4. The average Bonchev–Trinajstić information content (AvgIpc) is 3.46. The van der Waals surface area contributed by atoms with Gasteiger partial charge in [0.25, 0.3) is 0 Å². The molecule has 0 radical (unpaired) electrons. The van der Waals surface area contributed by atoms with E-state index in [-0.39, 0.29) is 24.2 Å². The van der Waals surface area contributed by atoms with E-state index in [4.69, 9.17) is 0 Å². The first kappa shape index (κ1) is 20.3. The van der Waals surface area contributed by atoms with Crippen molar-refractivity contribution >= 4 is 28.8 Å². The summed E-state index contributed by atoms with van der Waals surface area (Å²) in [5.74, 6) is 0.166. The molecule has 30 heavy (non-hydrogen) atoms. The number of nitrogens with zero attached hydrogens (tertiary/aromatic N) is 1. The van der Waals surface area contributed by atoms with Crippen molar-refractivity contribution in [2.24, 2.45) is 5.92 Å². The van der Waals surface area contributed by atoms with Crippen LogP contribution in [0.1, 0.15) is 36.9 Å². The Balaban J connectivity index is 1.29. The molecule has 1 saturated carbocycles. The van der Waals surface area contributed by atoms with Crippen LogP contribution in [-0.2, 0) is 22.6 Å². The number of carbonyl (C=O) groups excluding carboxylic acids is 2. The van der Waals surface area contributed by atoms with Gasteiger partial charge in [-0.1, -0.05) is 55.3 Å². The zero-order valence-electron chi connectivity index (χ0n) is 16.8. The molecule has 2 amide bonds. The van der Waals surface area contributed by atoms with Gasteiger partial charge < -0.3 is 10.6 Å². The van der Waals surface area contributed by atoms with Crippen LogP contribution in [-0.4, -0.2) is 16.8 Å². The Morgan fingerprint density at radius 3 is 2.63 bits per heavy atom. The molecule has 1 aromatic heterocycles. The zero-order chi connectivity index (χ0) is 20.8. The van der Waals surface area contributed by atoms with E-state index in [1.807, 2.05) is 60.0 Å². The monoisotopic (exact) mass is 419 g/mol. The number of benzene rings is 2. The zero-order valence-corrected chi connectivity index (χ0v) is 17.6. The van der Waals surface area contributed by atoms with Crippen molar-refractivity contribution in [2.75, 3.05) is 5.32 Å². The molecule has 2 N–H and O–H groups in total. The van der Waals surface area contributed by atoms with Gasteiger partial charge in [-0.3, -0.25) is 9.59 Å². The number of anilines is 1. The highest BCUT2D eigenvalue weighted by Crippen LogP contribution is 2.26. The number of thiazole rings is 1. The number of amides is 2. The van der Waals surface area contributed by atoms with E-state index < -0.39 is 0 Å². The Morgan fingerprint density at radius 1 is 1.03 bits per heavy atom. The van der Waals surface area contributed by atoms with E-state index in [1.165, 1.54) is 0 Å². The first-order valence-corrected chi connectivity index (χ1v) is 11.2. The van der Waals surface area contributed by atoms with Crippen molar-refractivity contribution in [2.45, 2.75) is 38.6 Å². The van der Waals surface area contributed by atoms with Crippen LogP contribution in [0.25, 0.3) is 10.6 Å². The Labute approximate surface area is 180 Å². The van der Waals surface area contributed by atoms with Crippen LogP contribution >= 0.6 is 11.3 Å². The van der Waals surface area contributed by atoms with Crippen LogP contribution in [0.15, 0.2) is 60.0 Å². The van der Waals surface area contributed by atoms with Gasteiger partial charge in [0.1, 0.15) is 5.01 Å². The van der Waals surface area contributed by atoms with E-state index in [0.29, 0.717) is 6.54 Å². The standard InChI is InChI=1S/C24H25N3O2S/c28-22(14-21-16-30-24(27-21)19-10-2-1-3-11-19)25-15-17-7-6-12-20(13-17)26-23(29)18-8-4-5-9-18/h1-3,6-7,10-13,16,18H,4-5,8-9,14-15H2,(H,25,28)(H,26,29). The molecule has 1 aliphatic rings. The average molecular weight is 420 g/mol. The van der Waals surface area contributed by atoms with Crippen molar-refractivity contribution < 1.29 is 9.59 Å². The van der Waals surface area contributed by atoms with E-state index >= 15 is 0 Å². The lowest BCUT2D eigenvalue weighted by Gasteiger charge is -2.11. The molecule has 0 bridgehead atoms. The molecule has 0 aliphatic heterocycles. The molecule has 0 atom stereocenters. The van der Waals surface area contributed by atoms with Gasteiger partial charge in [0.15, 0.2) is 0 Å². The van der Waals surface area contributed by atoms with Gasteiger partial charge >= 0.3 is 0 Å². The SMILES string of the molecule is O=C(Cc1csc(-c2ccccc2)n1)NCc1cccc(NC(=O)C2CCCC2)c1. The van der Waals surface area contributed by atoms with E-state index in [2.05, 4.69) is 15.6 Å². The largest absolute Gasteiger partial charge is 0.352 e. The Bertz CT molecular complexity index is 1010. The van der Waals surface area contributed by atoms with Gasteiger partial charge in [0.2, 0.25) is 11.8 Å². The molecular weight excluding hydrogens is 394 g/mol. The highest BCUT2D eigenvalue weighted by molar-refractivity contribution is 7.13. The molecule has 6 heteroatoms. The van der Waals surface area contributed by atoms with E-state index in [0.717, 1.165) is 53.2 Å². The minimum Gasteiger partial charge on any atom is -0.352 e. The van der Waals surface area contributed by atoms with Gasteiger partial charge in [0, 0.05) is 29.1 Å². The maximum atomic E-state index is 12.4. The third-order valence-electron chi connectivity index (χ3n) is 5.32. The highest BCUT2D eigenvalue weighted by atomic mass is 32.1. The van der Waals surface area contributed by atoms with Crippen molar-refractivity contribution in [3.8, 4) is 10.6 Å². The summed E-state index contributed by atoms with van der Waals surface area (Å²) < 4.78 is 0. The van der Waals surface area contributed by atoms with Gasteiger partial charge in [-0.25, -0.2) is 4.98 Å². The number of rotatable bonds is 7. The summed E-state index contributed by atoms with van der Waals surface area (Å²) in [6.07, 6.45) is 4.47. The first-order valence-electron chi connectivity index (χ1n) is 10.3. The molecule has 2 aromatic carbocycles. The third-order valence-corrected chi connectivity index (χ3v) is 6.26. The first-order chi connectivity index (χ1) is 14.7. The lowest BCUT2D eigenvalue weighted by atomic mass is 10.1. The van der Waals surface area contributed by atoms with Crippen molar-refractivity contribution in [1.29, 1.82) is 0 Å². The minimum absolute atomic E-state index is 0.0692. The Hall–Kier alpha value is -2.99. The van der Waals surface area contributed by atoms with Crippen molar-refractivity contribution in [3.05, 3.63) is 71.2 Å². The van der Waals surface area contributed by atoms with Crippen molar-refractivity contribution in [3.63, 3.8) is 0 Å². The normalized spacial score (nSPS) is 13.9. The molecule has 1 fully saturated rings.